The third kappa shape index (κ3) is 2.28. The predicted molar refractivity (Wildman–Crippen MR) is 41.4 cm³/mol. The van der Waals surface area contributed by atoms with Crippen molar-refractivity contribution in [3.8, 4) is 11.5 Å². The Morgan fingerprint density at radius 1 is 1.50 bits per heavy atom. The summed E-state index contributed by atoms with van der Waals surface area (Å²) in [5, 5.41) is 19.2. The molecule has 0 aromatic heterocycles. The quantitative estimate of drug-likeness (QED) is 0.604. The van der Waals surface area contributed by atoms with Crippen molar-refractivity contribution in [2.24, 2.45) is 0 Å². The highest BCUT2D eigenvalue weighted by molar-refractivity contribution is 5.47. The van der Waals surface area contributed by atoms with Gasteiger partial charge in [-0.05, 0) is 6.07 Å². The molecule has 0 aliphatic carbocycles. The molecule has 0 aliphatic heterocycles. The molecule has 0 saturated carbocycles. The molecule has 5 nitrogen and oxygen atoms in total. The van der Waals surface area contributed by atoms with Gasteiger partial charge in [-0.2, -0.15) is 8.78 Å². The number of rotatable bonds is 3. The van der Waals surface area contributed by atoms with Gasteiger partial charge in [-0.25, -0.2) is 0 Å². The van der Waals surface area contributed by atoms with Crippen molar-refractivity contribution in [3.05, 3.63) is 28.3 Å². The Kier molecular flexibility index (Phi) is 2.80. The Bertz CT molecular complexity index is 356. The third-order valence-electron chi connectivity index (χ3n) is 1.37. The summed E-state index contributed by atoms with van der Waals surface area (Å²) in [5.74, 6) is -1.19. The summed E-state index contributed by atoms with van der Waals surface area (Å²) in [6, 6.07) is 2.59. The maximum Gasteiger partial charge on any atom is 0.387 e. The van der Waals surface area contributed by atoms with Crippen LogP contribution in [0.1, 0.15) is 0 Å². The van der Waals surface area contributed by atoms with Crippen LogP contribution in [0.2, 0.25) is 0 Å². The van der Waals surface area contributed by atoms with Crippen molar-refractivity contribution in [2.45, 2.75) is 6.61 Å². The van der Waals surface area contributed by atoms with Crippen LogP contribution >= 0.6 is 0 Å². The van der Waals surface area contributed by atoms with Crippen molar-refractivity contribution in [1.29, 1.82) is 0 Å². The van der Waals surface area contributed by atoms with E-state index in [0.717, 1.165) is 18.2 Å². The van der Waals surface area contributed by atoms with E-state index >= 15 is 0 Å². The fraction of sp³-hybridized carbons (Fsp3) is 0.143. The Labute approximate surface area is 76.7 Å². The number of hydrogen-bond acceptors (Lipinski definition) is 4. The molecule has 0 saturated heterocycles. The topological polar surface area (TPSA) is 72.6 Å². The van der Waals surface area contributed by atoms with Gasteiger partial charge in [0, 0.05) is 6.07 Å². The number of aromatic hydroxyl groups is 1. The standard InChI is InChI=1S/C7H5F2NO4/c8-7(9)14-6-2-1-4(10(12)13)3-5(6)11/h1-3,7,11H. The molecule has 0 atom stereocenters. The first-order valence-electron chi connectivity index (χ1n) is 3.43. The smallest absolute Gasteiger partial charge is 0.387 e. The first-order valence-corrected chi connectivity index (χ1v) is 3.43. The monoisotopic (exact) mass is 205 g/mol. The van der Waals surface area contributed by atoms with Crippen LogP contribution in [0, 0.1) is 10.1 Å². The van der Waals surface area contributed by atoms with Crippen LogP contribution in [0.3, 0.4) is 0 Å². The summed E-state index contributed by atoms with van der Waals surface area (Å²) in [5.41, 5.74) is -0.399. The van der Waals surface area contributed by atoms with Gasteiger partial charge in [-0.3, -0.25) is 10.1 Å². The molecule has 0 radical (unpaired) electrons. The van der Waals surface area contributed by atoms with Crippen LogP contribution in [0.5, 0.6) is 11.5 Å². The highest BCUT2D eigenvalue weighted by Gasteiger charge is 2.13. The van der Waals surface area contributed by atoms with E-state index in [4.69, 9.17) is 5.11 Å². The summed E-state index contributed by atoms with van der Waals surface area (Å²) in [6.45, 7) is -3.08. The molecule has 1 aromatic carbocycles. The lowest BCUT2D eigenvalue weighted by Crippen LogP contribution is -2.02. The molecule has 0 spiro atoms. The average molecular weight is 205 g/mol. The summed E-state index contributed by atoms with van der Waals surface area (Å²) in [7, 11) is 0. The second-order valence-electron chi connectivity index (χ2n) is 2.29. The Hall–Kier alpha value is -1.92. The van der Waals surface area contributed by atoms with E-state index in [-0.39, 0.29) is 0 Å². The SMILES string of the molecule is O=[N+]([O-])c1ccc(OC(F)F)c(O)c1. The lowest BCUT2D eigenvalue weighted by atomic mass is 10.3. The number of nitro benzene ring substituents is 1. The van der Waals surface area contributed by atoms with Crippen LogP contribution in [-0.4, -0.2) is 16.6 Å². The van der Waals surface area contributed by atoms with Crippen LogP contribution < -0.4 is 4.74 Å². The Morgan fingerprint density at radius 2 is 2.14 bits per heavy atom. The molecule has 1 N–H and O–H groups in total. The number of phenols is 1. The first-order chi connectivity index (χ1) is 6.50. The van der Waals surface area contributed by atoms with E-state index in [9.17, 15) is 18.9 Å². The zero-order chi connectivity index (χ0) is 10.7. The summed E-state index contributed by atoms with van der Waals surface area (Å²) >= 11 is 0. The largest absolute Gasteiger partial charge is 0.504 e. The first kappa shape index (κ1) is 10.2. The second-order valence-corrected chi connectivity index (χ2v) is 2.29. The number of hydrogen-bond donors (Lipinski definition) is 1. The molecular formula is C7H5F2NO4. The molecule has 0 fully saturated rings. The average Bonchev–Trinajstić information content (AvgIpc) is 2.07. The van der Waals surface area contributed by atoms with Crippen molar-refractivity contribution in [3.63, 3.8) is 0 Å². The van der Waals surface area contributed by atoms with E-state index in [0.29, 0.717) is 0 Å². The van der Waals surface area contributed by atoms with E-state index in [1.807, 2.05) is 0 Å². The van der Waals surface area contributed by atoms with Crippen LogP contribution in [0.25, 0.3) is 0 Å². The van der Waals surface area contributed by atoms with Crippen molar-refractivity contribution in [2.75, 3.05) is 0 Å². The molecule has 0 heterocycles. The van der Waals surface area contributed by atoms with Gasteiger partial charge in [-0.15, -0.1) is 0 Å². The van der Waals surface area contributed by atoms with Gasteiger partial charge in [0.25, 0.3) is 5.69 Å². The zero-order valence-corrected chi connectivity index (χ0v) is 6.68. The normalized spacial score (nSPS) is 10.2. The molecule has 0 unspecified atom stereocenters. The molecule has 1 rings (SSSR count). The molecule has 0 aliphatic rings. The third-order valence-corrected chi connectivity index (χ3v) is 1.37. The second kappa shape index (κ2) is 3.86. The van der Waals surface area contributed by atoms with Gasteiger partial charge < -0.3 is 9.84 Å². The number of ether oxygens (including phenoxy) is 1. The molecule has 1 aromatic rings. The Balaban J connectivity index is 2.95. The molecule has 76 valence electrons. The van der Waals surface area contributed by atoms with Gasteiger partial charge in [0.2, 0.25) is 0 Å². The van der Waals surface area contributed by atoms with Gasteiger partial charge >= 0.3 is 6.61 Å². The summed E-state index contributed by atoms with van der Waals surface area (Å²) in [4.78, 5) is 9.43. The fourth-order valence-corrected chi connectivity index (χ4v) is 0.815. The van der Waals surface area contributed by atoms with E-state index in [2.05, 4.69) is 4.74 Å². The van der Waals surface area contributed by atoms with Crippen LogP contribution in [0.4, 0.5) is 14.5 Å². The molecule has 0 amide bonds. The van der Waals surface area contributed by atoms with Gasteiger partial charge in [-0.1, -0.05) is 0 Å². The number of nitrogens with zero attached hydrogens (tertiary/aromatic N) is 1. The number of halogens is 2. The van der Waals surface area contributed by atoms with Crippen molar-refractivity contribution >= 4 is 5.69 Å². The van der Waals surface area contributed by atoms with Gasteiger partial charge in [0.05, 0.1) is 11.0 Å². The summed E-state index contributed by atoms with van der Waals surface area (Å²) < 4.78 is 27.3. The van der Waals surface area contributed by atoms with Gasteiger partial charge in [0.1, 0.15) is 0 Å². The van der Waals surface area contributed by atoms with Crippen molar-refractivity contribution < 1.29 is 23.5 Å². The number of phenolic OH excluding ortho intramolecular Hbond substituents is 1. The van der Waals surface area contributed by atoms with Crippen LogP contribution in [-0.2, 0) is 0 Å². The lowest BCUT2D eigenvalue weighted by Gasteiger charge is -2.05. The minimum absolute atomic E-state index is 0.399. The minimum Gasteiger partial charge on any atom is -0.504 e. The molecule has 14 heavy (non-hydrogen) atoms. The van der Waals surface area contributed by atoms with Gasteiger partial charge in [0.15, 0.2) is 11.5 Å². The van der Waals surface area contributed by atoms with E-state index < -0.39 is 28.7 Å². The maximum atomic E-state index is 11.7. The zero-order valence-electron chi connectivity index (χ0n) is 6.68. The molecular weight excluding hydrogens is 200 g/mol. The maximum absolute atomic E-state index is 11.7. The van der Waals surface area contributed by atoms with Crippen LogP contribution in [0.15, 0.2) is 18.2 Å². The fourth-order valence-electron chi connectivity index (χ4n) is 0.815. The lowest BCUT2D eigenvalue weighted by molar-refractivity contribution is -0.385. The number of alkyl halides is 2. The molecule has 0 bridgehead atoms. The number of non-ortho nitro benzene ring substituents is 1. The predicted octanol–water partition coefficient (Wildman–Crippen LogP) is 1.90. The highest BCUT2D eigenvalue weighted by Crippen LogP contribution is 2.30. The molecule has 7 heteroatoms. The highest BCUT2D eigenvalue weighted by atomic mass is 19.3. The minimum atomic E-state index is -3.08. The number of nitro groups is 1. The summed E-state index contributed by atoms with van der Waals surface area (Å²) in [6.07, 6.45) is 0. The number of benzene rings is 1. The Morgan fingerprint density at radius 3 is 2.57 bits per heavy atom. The van der Waals surface area contributed by atoms with E-state index in [1.54, 1.807) is 0 Å². The van der Waals surface area contributed by atoms with Crippen molar-refractivity contribution in [1.82, 2.24) is 0 Å². The van der Waals surface area contributed by atoms with E-state index in [1.165, 1.54) is 0 Å².